The molecule has 2 fully saturated rings. The van der Waals surface area contributed by atoms with Crippen LogP contribution in [0.1, 0.15) is 40.0 Å². The number of alkyl carbamates (subject to hydrolysis) is 1. The maximum atomic E-state index is 11.7. The van der Waals surface area contributed by atoms with E-state index in [1.165, 1.54) is 19.3 Å². The molecule has 1 aliphatic carbocycles. The van der Waals surface area contributed by atoms with E-state index in [0.717, 1.165) is 19.0 Å². The highest BCUT2D eigenvalue weighted by Gasteiger charge is 2.33. The highest BCUT2D eigenvalue weighted by Crippen LogP contribution is 2.32. The third-order valence-electron chi connectivity index (χ3n) is 3.57. The van der Waals surface area contributed by atoms with Crippen molar-refractivity contribution in [3.63, 3.8) is 0 Å². The van der Waals surface area contributed by atoms with Crippen LogP contribution < -0.4 is 16.0 Å². The Bertz CT molecular complexity index is 304. The second-order valence-electron chi connectivity index (χ2n) is 6.68. The molecule has 0 aromatic rings. The molecule has 2 atom stereocenters. The lowest BCUT2D eigenvalue weighted by atomic mass is 10.1. The van der Waals surface area contributed by atoms with E-state index in [9.17, 15) is 4.79 Å². The van der Waals surface area contributed by atoms with Gasteiger partial charge < -0.3 is 20.7 Å². The van der Waals surface area contributed by atoms with E-state index in [2.05, 4.69) is 16.0 Å². The van der Waals surface area contributed by atoms with Crippen molar-refractivity contribution in [2.75, 3.05) is 19.6 Å². The topological polar surface area (TPSA) is 62.4 Å². The molecule has 2 unspecified atom stereocenters. The average Bonchev–Trinajstić information content (AvgIpc) is 3.00. The molecule has 0 spiro atoms. The number of carbonyl (C=O) groups excluding carboxylic acids is 1. The number of nitrogens with one attached hydrogen (secondary N) is 3. The van der Waals surface area contributed by atoms with Gasteiger partial charge >= 0.3 is 6.09 Å². The molecule has 19 heavy (non-hydrogen) atoms. The zero-order valence-corrected chi connectivity index (χ0v) is 12.3. The first-order valence-corrected chi connectivity index (χ1v) is 7.37. The Morgan fingerprint density at radius 1 is 1.37 bits per heavy atom. The summed E-state index contributed by atoms with van der Waals surface area (Å²) in [5.41, 5.74) is -0.429. The summed E-state index contributed by atoms with van der Waals surface area (Å²) in [6, 6.07) is 0.934. The van der Waals surface area contributed by atoms with Crippen LogP contribution in [0.4, 0.5) is 4.79 Å². The normalized spacial score (nSPS) is 25.1. The number of amides is 1. The summed E-state index contributed by atoms with van der Waals surface area (Å²) in [6.07, 6.45) is 3.40. The van der Waals surface area contributed by atoms with Gasteiger partial charge in [0.1, 0.15) is 5.60 Å². The van der Waals surface area contributed by atoms with Crippen molar-refractivity contribution in [1.82, 2.24) is 16.0 Å². The molecule has 2 rings (SSSR count). The Kier molecular flexibility index (Phi) is 4.68. The lowest BCUT2D eigenvalue weighted by molar-refractivity contribution is 0.0520. The summed E-state index contributed by atoms with van der Waals surface area (Å²) >= 11 is 0. The van der Waals surface area contributed by atoms with E-state index < -0.39 is 5.60 Å². The van der Waals surface area contributed by atoms with Gasteiger partial charge in [0, 0.05) is 25.2 Å². The van der Waals surface area contributed by atoms with Gasteiger partial charge in [-0.15, -0.1) is 0 Å². The molecule has 110 valence electrons. The number of hydrogen-bond acceptors (Lipinski definition) is 4. The molecule has 1 saturated carbocycles. The lowest BCUT2D eigenvalue weighted by Crippen LogP contribution is -2.48. The quantitative estimate of drug-likeness (QED) is 0.703. The van der Waals surface area contributed by atoms with E-state index in [1.54, 1.807) is 0 Å². The molecule has 1 amide bonds. The van der Waals surface area contributed by atoms with Crippen LogP contribution in [0.3, 0.4) is 0 Å². The number of rotatable bonds is 5. The minimum absolute atomic E-state index is 0.315. The van der Waals surface area contributed by atoms with Gasteiger partial charge in [-0.1, -0.05) is 0 Å². The Balaban J connectivity index is 1.72. The summed E-state index contributed by atoms with van der Waals surface area (Å²) in [7, 11) is 0. The van der Waals surface area contributed by atoms with Crippen molar-refractivity contribution < 1.29 is 9.53 Å². The first-order valence-electron chi connectivity index (χ1n) is 7.37. The van der Waals surface area contributed by atoms with Crippen molar-refractivity contribution in [3.05, 3.63) is 0 Å². The van der Waals surface area contributed by atoms with Gasteiger partial charge in [-0.25, -0.2) is 4.79 Å². The minimum atomic E-state index is -0.429. The van der Waals surface area contributed by atoms with Gasteiger partial charge in [0.05, 0.1) is 0 Å². The maximum absolute atomic E-state index is 11.7. The summed E-state index contributed by atoms with van der Waals surface area (Å²) in [6.45, 7) is 8.44. The molecule has 1 heterocycles. The smallest absolute Gasteiger partial charge is 0.407 e. The van der Waals surface area contributed by atoms with Crippen LogP contribution in [0.25, 0.3) is 0 Å². The fourth-order valence-electron chi connectivity index (χ4n) is 2.47. The van der Waals surface area contributed by atoms with Gasteiger partial charge in [0.15, 0.2) is 0 Å². The lowest BCUT2D eigenvalue weighted by Gasteiger charge is -2.24. The first-order chi connectivity index (χ1) is 8.94. The predicted octanol–water partition coefficient (Wildman–Crippen LogP) is 1.24. The zero-order chi connectivity index (χ0) is 13.9. The molecule has 0 bridgehead atoms. The van der Waals surface area contributed by atoms with Crippen LogP contribution >= 0.6 is 0 Å². The van der Waals surface area contributed by atoms with Gasteiger partial charge in [0.25, 0.3) is 0 Å². The molecule has 0 radical (unpaired) electrons. The largest absolute Gasteiger partial charge is 0.444 e. The van der Waals surface area contributed by atoms with Crippen LogP contribution in [-0.4, -0.2) is 43.4 Å². The molecule has 1 aliphatic heterocycles. The Hall–Kier alpha value is -0.810. The molecule has 0 aromatic heterocycles. The highest BCUT2D eigenvalue weighted by molar-refractivity contribution is 5.67. The fourth-order valence-corrected chi connectivity index (χ4v) is 2.47. The molecule has 1 saturated heterocycles. The number of ether oxygens (including phenoxy) is 1. The van der Waals surface area contributed by atoms with E-state index in [-0.39, 0.29) is 6.09 Å². The third kappa shape index (κ3) is 5.37. The van der Waals surface area contributed by atoms with Crippen LogP contribution in [0.5, 0.6) is 0 Å². The molecule has 0 aromatic carbocycles. The summed E-state index contributed by atoms with van der Waals surface area (Å²) in [5, 5.41) is 9.91. The molecular weight excluding hydrogens is 242 g/mol. The number of hydrogen-bond donors (Lipinski definition) is 3. The average molecular weight is 269 g/mol. The highest BCUT2D eigenvalue weighted by atomic mass is 16.6. The van der Waals surface area contributed by atoms with E-state index in [0.29, 0.717) is 18.6 Å². The maximum Gasteiger partial charge on any atom is 0.407 e. The van der Waals surface area contributed by atoms with Crippen LogP contribution in [0.15, 0.2) is 0 Å². The molecular formula is C14H27N3O2. The van der Waals surface area contributed by atoms with Gasteiger partial charge in [-0.2, -0.15) is 0 Å². The molecule has 5 heteroatoms. The van der Waals surface area contributed by atoms with Crippen LogP contribution in [0.2, 0.25) is 0 Å². The van der Waals surface area contributed by atoms with E-state index in [1.807, 2.05) is 20.8 Å². The van der Waals surface area contributed by atoms with Crippen molar-refractivity contribution in [2.24, 2.45) is 5.92 Å². The Labute approximate surface area is 115 Å². The molecule has 3 N–H and O–H groups in total. The third-order valence-corrected chi connectivity index (χ3v) is 3.57. The van der Waals surface area contributed by atoms with Crippen LogP contribution in [0, 0.1) is 5.92 Å². The summed E-state index contributed by atoms with van der Waals surface area (Å²) in [5.74, 6) is 0.718. The van der Waals surface area contributed by atoms with E-state index in [4.69, 9.17) is 4.74 Å². The predicted molar refractivity (Wildman–Crippen MR) is 75.2 cm³/mol. The molecule has 2 aliphatic rings. The molecule has 5 nitrogen and oxygen atoms in total. The number of carbonyl (C=O) groups is 1. The van der Waals surface area contributed by atoms with E-state index >= 15 is 0 Å². The van der Waals surface area contributed by atoms with Crippen molar-refractivity contribution >= 4 is 6.09 Å². The van der Waals surface area contributed by atoms with Gasteiger partial charge in [-0.3, -0.25) is 0 Å². The second-order valence-corrected chi connectivity index (χ2v) is 6.68. The summed E-state index contributed by atoms with van der Waals surface area (Å²) in [4.78, 5) is 11.7. The van der Waals surface area contributed by atoms with Crippen LogP contribution in [-0.2, 0) is 4.74 Å². The van der Waals surface area contributed by atoms with Crippen molar-refractivity contribution in [2.45, 2.75) is 57.7 Å². The Morgan fingerprint density at radius 2 is 2.11 bits per heavy atom. The monoisotopic (exact) mass is 269 g/mol. The zero-order valence-electron chi connectivity index (χ0n) is 12.3. The fraction of sp³-hybridized carbons (Fsp3) is 0.929. The Morgan fingerprint density at radius 3 is 2.63 bits per heavy atom. The minimum Gasteiger partial charge on any atom is -0.444 e. The van der Waals surface area contributed by atoms with Gasteiger partial charge in [0.2, 0.25) is 0 Å². The summed E-state index contributed by atoms with van der Waals surface area (Å²) < 4.78 is 5.27. The SMILES string of the molecule is CC(C)(C)OC(=O)NCC(NC1CCNC1)C1CC1. The van der Waals surface area contributed by atoms with Crippen molar-refractivity contribution in [3.8, 4) is 0 Å². The van der Waals surface area contributed by atoms with Gasteiger partial charge in [-0.05, 0) is 52.5 Å². The second kappa shape index (κ2) is 6.09. The first kappa shape index (κ1) is 14.6. The standard InChI is InChI=1S/C14H27N3O2/c1-14(2,3)19-13(18)16-9-12(10-4-5-10)17-11-6-7-15-8-11/h10-12,15,17H,4-9H2,1-3H3,(H,16,18). The van der Waals surface area contributed by atoms with Crippen molar-refractivity contribution in [1.29, 1.82) is 0 Å².